The van der Waals surface area contributed by atoms with Crippen LogP contribution >= 0.6 is 0 Å². The van der Waals surface area contributed by atoms with E-state index in [4.69, 9.17) is 5.11 Å². The Labute approximate surface area is 97.7 Å². The molecule has 0 radical (unpaired) electrons. The Bertz CT molecular complexity index is 548. The zero-order valence-electron chi connectivity index (χ0n) is 9.17. The van der Waals surface area contributed by atoms with E-state index < -0.39 is 5.82 Å². The number of hydrogen-bond acceptors (Lipinski definition) is 3. The number of rotatable bonds is 3. The van der Waals surface area contributed by atoms with Crippen molar-refractivity contribution in [1.82, 2.24) is 14.8 Å². The van der Waals surface area contributed by atoms with Gasteiger partial charge in [0.15, 0.2) is 11.6 Å². The fourth-order valence-electron chi connectivity index (χ4n) is 1.81. The summed E-state index contributed by atoms with van der Waals surface area (Å²) >= 11 is 0. The molecule has 0 aromatic carbocycles. The van der Waals surface area contributed by atoms with Crippen LogP contribution in [0.2, 0.25) is 0 Å². The van der Waals surface area contributed by atoms with Crippen LogP contribution in [0, 0.1) is 5.82 Å². The molecule has 0 bridgehead atoms. The van der Waals surface area contributed by atoms with E-state index in [1.807, 2.05) is 6.07 Å². The second kappa shape index (κ2) is 3.92. The van der Waals surface area contributed by atoms with Gasteiger partial charge < -0.3 is 5.11 Å². The van der Waals surface area contributed by atoms with Crippen LogP contribution in [-0.4, -0.2) is 19.9 Å². The van der Waals surface area contributed by atoms with Gasteiger partial charge in [-0.05, 0) is 25.0 Å². The lowest BCUT2D eigenvalue weighted by atomic mass is 10.2. The van der Waals surface area contributed by atoms with E-state index in [0.717, 1.165) is 18.5 Å². The molecule has 1 saturated carbocycles. The molecule has 0 saturated heterocycles. The van der Waals surface area contributed by atoms with Gasteiger partial charge in [0, 0.05) is 23.9 Å². The second-order valence-electron chi connectivity index (χ2n) is 4.23. The number of aliphatic hydroxyl groups excluding tert-OH is 1. The van der Waals surface area contributed by atoms with Gasteiger partial charge >= 0.3 is 0 Å². The SMILES string of the molecule is OCc1ccnc(-n2ccc(C3CC3)n2)c1F. The lowest BCUT2D eigenvalue weighted by Gasteiger charge is -2.04. The number of aliphatic hydroxyl groups is 1. The van der Waals surface area contributed by atoms with Crippen LogP contribution in [0.3, 0.4) is 0 Å². The molecule has 0 amide bonds. The maximum atomic E-state index is 13.9. The number of halogens is 1. The number of hydrogen-bond donors (Lipinski definition) is 1. The van der Waals surface area contributed by atoms with Crippen molar-refractivity contribution in [3.63, 3.8) is 0 Å². The molecule has 1 aliphatic carbocycles. The van der Waals surface area contributed by atoms with Gasteiger partial charge in [-0.2, -0.15) is 5.10 Å². The lowest BCUT2D eigenvalue weighted by Crippen LogP contribution is -2.05. The highest BCUT2D eigenvalue weighted by Crippen LogP contribution is 2.39. The normalized spacial score (nSPS) is 15.2. The molecule has 2 aromatic rings. The van der Waals surface area contributed by atoms with Crippen LogP contribution in [0.1, 0.15) is 30.0 Å². The smallest absolute Gasteiger partial charge is 0.190 e. The van der Waals surface area contributed by atoms with Gasteiger partial charge in [0.2, 0.25) is 0 Å². The van der Waals surface area contributed by atoms with Crippen LogP contribution in [0.25, 0.3) is 5.82 Å². The Morgan fingerprint density at radius 1 is 1.41 bits per heavy atom. The first kappa shape index (κ1) is 10.4. The summed E-state index contributed by atoms with van der Waals surface area (Å²) in [6, 6.07) is 3.36. The Kier molecular flexibility index (Phi) is 2.40. The monoisotopic (exact) mass is 233 g/mol. The largest absolute Gasteiger partial charge is 0.392 e. The molecule has 1 fully saturated rings. The van der Waals surface area contributed by atoms with Crippen LogP contribution < -0.4 is 0 Å². The van der Waals surface area contributed by atoms with Crippen molar-refractivity contribution < 1.29 is 9.50 Å². The molecule has 17 heavy (non-hydrogen) atoms. The topological polar surface area (TPSA) is 50.9 Å². The zero-order chi connectivity index (χ0) is 11.8. The summed E-state index contributed by atoms with van der Waals surface area (Å²) in [6.45, 7) is -0.335. The lowest BCUT2D eigenvalue weighted by molar-refractivity contribution is 0.275. The second-order valence-corrected chi connectivity index (χ2v) is 4.23. The van der Waals surface area contributed by atoms with Crippen LogP contribution in [0.5, 0.6) is 0 Å². The number of nitrogens with zero attached hydrogens (tertiary/aromatic N) is 3. The van der Waals surface area contributed by atoms with Crippen molar-refractivity contribution in [1.29, 1.82) is 0 Å². The minimum atomic E-state index is -0.513. The minimum absolute atomic E-state index is 0.142. The molecule has 3 rings (SSSR count). The molecule has 0 atom stereocenters. The highest BCUT2D eigenvalue weighted by Gasteiger charge is 2.26. The summed E-state index contributed by atoms with van der Waals surface area (Å²) in [6.07, 6.45) is 5.50. The third-order valence-corrected chi connectivity index (χ3v) is 2.94. The molecule has 1 N–H and O–H groups in total. The summed E-state index contributed by atoms with van der Waals surface area (Å²) < 4.78 is 15.3. The quantitative estimate of drug-likeness (QED) is 0.879. The average molecular weight is 233 g/mol. The molecule has 0 unspecified atom stereocenters. The molecule has 0 aliphatic heterocycles. The highest BCUT2D eigenvalue weighted by molar-refractivity contribution is 5.30. The third-order valence-electron chi connectivity index (χ3n) is 2.94. The zero-order valence-corrected chi connectivity index (χ0v) is 9.17. The Morgan fingerprint density at radius 3 is 2.94 bits per heavy atom. The van der Waals surface area contributed by atoms with E-state index in [0.29, 0.717) is 5.92 Å². The molecule has 2 heterocycles. The van der Waals surface area contributed by atoms with E-state index in [9.17, 15) is 4.39 Å². The minimum Gasteiger partial charge on any atom is -0.392 e. The van der Waals surface area contributed by atoms with Crippen molar-refractivity contribution in [2.45, 2.75) is 25.4 Å². The van der Waals surface area contributed by atoms with Crippen LogP contribution in [0.4, 0.5) is 4.39 Å². The molecule has 2 aromatic heterocycles. The maximum absolute atomic E-state index is 13.9. The van der Waals surface area contributed by atoms with Crippen molar-refractivity contribution in [2.24, 2.45) is 0 Å². The molecule has 4 nitrogen and oxygen atoms in total. The predicted molar refractivity (Wildman–Crippen MR) is 59.2 cm³/mol. The third kappa shape index (κ3) is 1.82. The summed E-state index contributed by atoms with van der Waals surface area (Å²) in [4.78, 5) is 3.96. The van der Waals surface area contributed by atoms with Gasteiger partial charge in [-0.15, -0.1) is 0 Å². The van der Waals surface area contributed by atoms with Crippen molar-refractivity contribution in [2.75, 3.05) is 0 Å². The summed E-state index contributed by atoms with van der Waals surface area (Å²) in [7, 11) is 0. The fourth-order valence-corrected chi connectivity index (χ4v) is 1.81. The molecule has 5 heteroatoms. The van der Waals surface area contributed by atoms with E-state index in [1.54, 1.807) is 6.20 Å². The van der Waals surface area contributed by atoms with Crippen LogP contribution in [-0.2, 0) is 6.61 Å². The first-order chi connectivity index (χ1) is 8.29. The van der Waals surface area contributed by atoms with Gasteiger partial charge in [-0.1, -0.05) is 0 Å². The Balaban J connectivity index is 2.01. The first-order valence-corrected chi connectivity index (χ1v) is 5.60. The molecular formula is C12H12FN3O. The first-order valence-electron chi connectivity index (χ1n) is 5.60. The molecule has 88 valence electrons. The van der Waals surface area contributed by atoms with E-state index in [1.165, 1.54) is 16.9 Å². The summed E-state index contributed by atoms with van der Waals surface area (Å²) in [5.74, 6) is 0.157. The molecule has 0 spiro atoms. The summed E-state index contributed by atoms with van der Waals surface area (Å²) in [5.41, 5.74) is 1.22. The Hall–Kier alpha value is -1.75. The number of aromatic nitrogens is 3. The average Bonchev–Trinajstić information content (AvgIpc) is 3.08. The van der Waals surface area contributed by atoms with E-state index >= 15 is 0 Å². The van der Waals surface area contributed by atoms with Crippen molar-refractivity contribution in [3.05, 3.63) is 41.6 Å². The standard InChI is InChI=1S/C12H12FN3O/c13-11-9(7-17)3-5-14-12(11)16-6-4-10(15-16)8-1-2-8/h3-6,8,17H,1-2,7H2. The summed E-state index contributed by atoms with van der Waals surface area (Å²) in [5, 5.41) is 13.3. The highest BCUT2D eigenvalue weighted by atomic mass is 19.1. The van der Waals surface area contributed by atoms with Crippen LogP contribution in [0.15, 0.2) is 24.5 Å². The number of pyridine rings is 1. The van der Waals surface area contributed by atoms with Gasteiger partial charge in [-0.25, -0.2) is 14.1 Å². The molecule has 1 aliphatic rings. The Morgan fingerprint density at radius 2 is 2.24 bits per heavy atom. The molecular weight excluding hydrogens is 221 g/mol. The van der Waals surface area contributed by atoms with E-state index in [-0.39, 0.29) is 18.0 Å². The maximum Gasteiger partial charge on any atom is 0.190 e. The van der Waals surface area contributed by atoms with Gasteiger partial charge in [0.25, 0.3) is 0 Å². The van der Waals surface area contributed by atoms with Crippen molar-refractivity contribution in [3.8, 4) is 5.82 Å². The van der Waals surface area contributed by atoms with Gasteiger partial charge in [0.1, 0.15) is 0 Å². The van der Waals surface area contributed by atoms with Gasteiger partial charge in [0.05, 0.1) is 12.3 Å². The van der Waals surface area contributed by atoms with E-state index in [2.05, 4.69) is 10.1 Å². The van der Waals surface area contributed by atoms with Crippen molar-refractivity contribution >= 4 is 0 Å². The van der Waals surface area contributed by atoms with Gasteiger partial charge in [-0.3, -0.25) is 0 Å². The fraction of sp³-hybridized carbons (Fsp3) is 0.333. The predicted octanol–water partition coefficient (Wildman–Crippen LogP) is 1.78.